The van der Waals surface area contributed by atoms with Gasteiger partial charge in [-0.1, -0.05) is 35.6 Å². The van der Waals surface area contributed by atoms with Gasteiger partial charge in [0, 0.05) is 17.3 Å². The fourth-order valence-electron chi connectivity index (χ4n) is 1.06. The molecule has 0 saturated carbocycles. The number of hydrogen-bond donors (Lipinski definition) is 1. The Morgan fingerprint density at radius 1 is 1.25 bits per heavy atom. The second-order valence-electron chi connectivity index (χ2n) is 2.44. The number of para-hydroxylation sites is 1. The van der Waals surface area contributed by atoms with Crippen LogP contribution >= 0.6 is 11.3 Å². The number of nitrogens with two attached hydrogens (primary N) is 1. The van der Waals surface area contributed by atoms with Crippen LogP contribution in [0.1, 0.15) is 0 Å². The van der Waals surface area contributed by atoms with E-state index in [0.29, 0.717) is 0 Å². The molecule has 1 heterocycles. The van der Waals surface area contributed by atoms with Gasteiger partial charge < -0.3 is 5.73 Å². The minimum atomic E-state index is 0.807. The van der Waals surface area contributed by atoms with Crippen molar-refractivity contribution in [1.82, 2.24) is 0 Å². The third-order valence-corrected chi connectivity index (χ3v) is 2.43. The van der Waals surface area contributed by atoms with Gasteiger partial charge in [0.15, 0.2) is 0 Å². The predicted octanol–water partition coefficient (Wildman–Crippen LogP) is 2.60. The van der Waals surface area contributed by atoms with Gasteiger partial charge in [0.2, 0.25) is 0 Å². The van der Waals surface area contributed by atoms with E-state index in [-0.39, 0.29) is 0 Å². The quantitative estimate of drug-likeness (QED) is 0.659. The molecule has 2 heteroatoms. The van der Waals surface area contributed by atoms with E-state index >= 15 is 0 Å². The van der Waals surface area contributed by atoms with Gasteiger partial charge in [0.1, 0.15) is 0 Å². The van der Waals surface area contributed by atoms with E-state index in [1.54, 1.807) is 0 Å². The van der Waals surface area contributed by atoms with Crippen LogP contribution in [-0.4, -0.2) is 0 Å². The molecule has 0 aliphatic heterocycles. The molecule has 0 unspecified atom stereocenters. The molecule has 1 aromatic carbocycles. The van der Waals surface area contributed by atoms with E-state index in [1.807, 2.05) is 30.3 Å². The van der Waals surface area contributed by atoms with Gasteiger partial charge in [-0.25, -0.2) is 0 Å². The Hall–Kier alpha value is -1.46. The second kappa shape index (κ2) is 2.88. The number of benzene rings is 1. The summed E-state index contributed by atoms with van der Waals surface area (Å²) in [5.41, 5.74) is 7.67. The van der Waals surface area contributed by atoms with Gasteiger partial charge in [-0.3, -0.25) is 0 Å². The van der Waals surface area contributed by atoms with E-state index in [1.165, 1.54) is 11.3 Å². The molecule has 0 aliphatic rings. The Morgan fingerprint density at radius 2 is 2.08 bits per heavy atom. The van der Waals surface area contributed by atoms with Gasteiger partial charge in [-0.15, -0.1) is 0 Å². The first-order chi connectivity index (χ1) is 5.88. The van der Waals surface area contributed by atoms with Crippen molar-refractivity contribution in [3.05, 3.63) is 41.8 Å². The highest BCUT2D eigenvalue weighted by molar-refractivity contribution is 7.12. The van der Waals surface area contributed by atoms with E-state index in [0.717, 1.165) is 16.1 Å². The van der Waals surface area contributed by atoms with Crippen molar-refractivity contribution >= 4 is 17.0 Å². The van der Waals surface area contributed by atoms with Gasteiger partial charge in [-0.05, 0) is 11.4 Å². The summed E-state index contributed by atoms with van der Waals surface area (Å²) in [6, 6.07) is 12.6. The van der Waals surface area contributed by atoms with E-state index < -0.39 is 0 Å². The topological polar surface area (TPSA) is 26.0 Å². The van der Waals surface area contributed by atoms with E-state index in [9.17, 15) is 0 Å². The molecule has 1 nitrogen and oxygen atoms in total. The third kappa shape index (κ3) is 1.15. The molecular formula is C10H7NS. The molecule has 0 saturated heterocycles. The molecule has 2 N–H and O–H groups in total. The van der Waals surface area contributed by atoms with Gasteiger partial charge in [-0.2, -0.15) is 0 Å². The molecule has 2 aromatic rings. The monoisotopic (exact) mass is 173 g/mol. The Morgan fingerprint density at radius 3 is 2.75 bits per heavy atom. The lowest BCUT2D eigenvalue weighted by molar-refractivity contribution is 1.68. The first-order valence-corrected chi connectivity index (χ1v) is 4.42. The molecule has 0 bridgehead atoms. The van der Waals surface area contributed by atoms with Crippen molar-refractivity contribution in [2.75, 3.05) is 5.73 Å². The van der Waals surface area contributed by atoms with Crippen molar-refractivity contribution in [1.29, 1.82) is 0 Å². The maximum absolute atomic E-state index is 5.79. The molecule has 0 atom stereocenters. The zero-order chi connectivity index (χ0) is 8.39. The smallest absolute Gasteiger partial charge is 0.0537 e. The summed E-state index contributed by atoms with van der Waals surface area (Å²) in [7, 11) is 0. The molecule has 0 aliphatic carbocycles. The summed E-state index contributed by atoms with van der Waals surface area (Å²) in [5, 5.41) is 2.92. The van der Waals surface area contributed by atoms with Crippen LogP contribution in [0.2, 0.25) is 0 Å². The van der Waals surface area contributed by atoms with Crippen LogP contribution in [0.4, 0.5) is 5.69 Å². The minimum absolute atomic E-state index is 0.807. The first-order valence-electron chi connectivity index (χ1n) is 3.60. The molecule has 2 rings (SSSR count). The summed E-state index contributed by atoms with van der Waals surface area (Å²) in [6.45, 7) is 0. The summed E-state index contributed by atoms with van der Waals surface area (Å²) in [5.74, 6) is 0. The van der Waals surface area contributed by atoms with Gasteiger partial charge in [0.25, 0.3) is 0 Å². The van der Waals surface area contributed by atoms with Crippen LogP contribution in [0.25, 0.3) is 10.4 Å². The molecular weight excluding hydrogens is 166 g/mol. The normalized spacial score (nSPS) is 9.33. The zero-order valence-electron chi connectivity index (χ0n) is 6.37. The Labute approximate surface area is 75.5 Å². The van der Waals surface area contributed by atoms with Crippen LogP contribution < -0.4 is 5.73 Å². The Bertz CT molecular complexity index is 365. The number of nitrogen functional groups attached to an aromatic ring is 1. The van der Waals surface area contributed by atoms with Crippen molar-refractivity contribution in [3.63, 3.8) is 0 Å². The highest BCUT2D eigenvalue weighted by atomic mass is 32.1. The van der Waals surface area contributed by atoms with Crippen molar-refractivity contribution in [2.24, 2.45) is 0 Å². The predicted molar refractivity (Wildman–Crippen MR) is 51.8 cm³/mol. The van der Waals surface area contributed by atoms with Crippen molar-refractivity contribution in [2.45, 2.75) is 0 Å². The molecule has 12 heavy (non-hydrogen) atoms. The number of hydrogen-bond acceptors (Lipinski definition) is 2. The average molecular weight is 173 g/mol. The molecule has 58 valence electrons. The van der Waals surface area contributed by atoms with Crippen LogP contribution in [-0.2, 0) is 0 Å². The molecule has 0 radical (unpaired) electrons. The summed E-state index contributed by atoms with van der Waals surface area (Å²) < 4.78 is 0. The van der Waals surface area contributed by atoms with Crippen LogP contribution in [0.15, 0.2) is 30.3 Å². The number of rotatable bonds is 1. The van der Waals surface area contributed by atoms with Crippen LogP contribution in [0, 0.1) is 11.4 Å². The largest absolute Gasteiger partial charge is 0.398 e. The average Bonchev–Trinajstić information content (AvgIpc) is 2.57. The summed E-state index contributed by atoms with van der Waals surface area (Å²) >= 11 is 1.53. The SMILES string of the molecule is Nc1ccccc1-c1cc#cs1. The fourth-order valence-corrected chi connectivity index (χ4v) is 1.70. The second-order valence-corrected chi connectivity index (χ2v) is 3.29. The van der Waals surface area contributed by atoms with Crippen molar-refractivity contribution in [3.8, 4) is 10.4 Å². The lowest BCUT2D eigenvalue weighted by atomic mass is 10.1. The molecule has 1 aromatic heterocycles. The first kappa shape index (κ1) is 7.20. The summed E-state index contributed by atoms with van der Waals surface area (Å²) in [4.78, 5) is 1.12. The maximum atomic E-state index is 5.79. The third-order valence-electron chi connectivity index (χ3n) is 1.65. The van der Waals surface area contributed by atoms with Crippen LogP contribution in [0.5, 0.6) is 0 Å². The van der Waals surface area contributed by atoms with Gasteiger partial charge >= 0.3 is 0 Å². The highest BCUT2D eigenvalue weighted by Gasteiger charge is 2.00. The fraction of sp³-hybridized carbons (Fsp3) is 0. The lowest BCUT2D eigenvalue weighted by Crippen LogP contribution is -1.86. The van der Waals surface area contributed by atoms with E-state index in [4.69, 9.17) is 5.73 Å². The van der Waals surface area contributed by atoms with E-state index in [2.05, 4.69) is 11.4 Å². The zero-order valence-corrected chi connectivity index (χ0v) is 7.19. The molecule has 0 amide bonds. The lowest BCUT2D eigenvalue weighted by Gasteiger charge is -1.99. The molecule has 0 fully saturated rings. The summed E-state index contributed by atoms with van der Waals surface area (Å²) in [6.07, 6.45) is 0. The van der Waals surface area contributed by atoms with Gasteiger partial charge in [0.05, 0.1) is 4.88 Å². The minimum Gasteiger partial charge on any atom is -0.398 e. The number of anilines is 1. The maximum Gasteiger partial charge on any atom is 0.0537 e. The van der Waals surface area contributed by atoms with Crippen LogP contribution in [0.3, 0.4) is 0 Å². The standard InChI is InChI=1S/C10H7NS/c11-9-5-2-1-4-8(9)10-6-3-7-12-10/h1-2,4-6H,11H2. The Balaban J connectivity index is 2.55. The molecule has 0 spiro atoms. The Kier molecular flexibility index (Phi) is 1.73. The van der Waals surface area contributed by atoms with Crippen molar-refractivity contribution < 1.29 is 0 Å². The highest BCUT2D eigenvalue weighted by Crippen LogP contribution is 2.27.